The number of benzene rings is 5. The van der Waals surface area contributed by atoms with E-state index in [-0.39, 0.29) is 29.5 Å². The first-order chi connectivity index (χ1) is 29.8. The van der Waals surface area contributed by atoms with Crippen LogP contribution in [0.5, 0.6) is 11.5 Å². The van der Waals surface area contributed by atoms with E-state index in [2.05, 4.69) is 15.7 Å². The largest absolute Gasteiger partial charge is 0.505 e. The Balaban J connectivity index is 1.11. The average Bonchev–Trinajstić information content (AvgIpc) is 3.65. The number of aromatic hydroxyl groups is 1. The number of phenols is 1. The first kappa shape index (κ1) is 40.8. The maximum Gasteiger partial charge on any atom is 0.260 e. The monoisotopic (exact) mass is 872 g/mol. The van der Waals surface area contributed by atoms with Gasteiger partial charge in [0, 0.05) is 30.7 Å². The summed E-state index contributed by atoms with van der Waals surface area (Å²) in [4.78, 5) is 62.7. The highest BCUT2D eigenvalue weighted by molar-refractivity contribution is 6.36. The van der Waals surface area contributed by atoms with Gasteiger partial charge in [0.05, 0.1) is 58.1 Å². The Kier molecular flexibility index (Phi) is 10.3. The van der Waals surface area contributed by atoms with E-state index in [1.807, 2.05) is 49.3 Å². The predicted molar refractivity (Wildman–Crippen MR) is 233 cm³/mol. The maximum absolute atomic E-state index is 15.5. The number of hydrazine groups is 1. The van der Waals surface area contributed by atoms with Gasteiger partial charge in [-0.3, -0.25) is 29.5 Å². The van der Waals surface area contributed by atoms with Crippen molar-refractivity contribution in [3.8, 4) is 11.5 Å². The molecule has 2 heterocycles. The Hall–Kier alpha value is -6.57. The number of carbonyl (C=O) groups is 4. The number of imide groups is 2. The number of halogens is 3. The summed E-state index contributed by atoms with van der Waals surface area (Å²) in [6, 6.07) is 29.5. The van der Waals surface area contributed by atoms with Crippen LogP contribution in [0.1, 0.15) is 29.9 Å². The van der Waals surface area contributed by atoms with Crippen LogP contribution in [0.4, 0.5) is 32.8 Å². The van der Waals surface area contributed by atoms with Crippen molar-refractivity contribution in [2.75, 3.05) is 36.4 Å². The van der Waals surface area contributed by atoms with E-state index in [1.165, 1.54) is 30.2 Å². The minimum absolute atomic E-state index is 0.00883. The predicted octanol–water partition coefficient (Wildman–Crippen LogP) is 9.52. The van der Waals surface area contributed by atoms with Crippen LogP contribution in [0, 0.1) is 29.5 Å². The molecule has 3 fully saturated rings. The average molecular weight is 874 g/mol. The van der Waals surface area contributed by atoms with Crippen molar-refractivity contribution in [3.05, 3.63) is 148 Å². The van der Waals surface area contributed by atoms with E-state index in [1.54, 1.807) is 60.7 Å². The van der Waals surface area contributed by atoms with Gasteiger partial charge in [-0.05, 0) is 121 Å². The van der Waals surface area contributed by atoms with E-state index in [0.717, 1.165) is 16.8 Å². The Labute approximate surface area is 366 Å². The Morgan fingerprint density at radius 3 is 2.13 bits per heavy atom. The van der Waals surface area contributed by atoms with Gasteiger partial charge in [-0.25, -0.2) is 4.39 Å². The number of amides is 4. The van der Waals surface area contributed by atoms with Crippen molar-refractivity contribution in [1.29, 1.82) is 0 Å². The second kappa shape index (κ2) is 15.7. The number of phenolic OH excluding ortho intramolecular Hbond substituents is 1. The molecular weight excluding hydrogens is 834 g/mol. The number of allylic oxidation sites excluding steroid dienone is 2. The van der Waals surface area contributed by atoms with Crippen molar-refractivity contribution in [3.63, 3.8) is 0 Å². The summed E-state index contributed by atoms with van der Waals surface area (Å²) in [7, 11) is 5.40. The SMILES string of the molecule is COc1ccc([C@@]23C(=O)N(Nc4ccc(Cl)cc4Cl)C(=O)[C@@H]2C[C@@H]2C(=CC[C@@H]4C(=O)N(c5ccc(N=Nc6ccc(N(C)C)cc6)cc5)C(=O)[C@@H]42)[C@@H]3c2ccc(O)c(F)c2)cc1. The molecule has 2 aliphatic carbocycles. The van der Waals surface area contributed by atoms with E-state index < -0.39 is 64.3 Å². The van der Waals surface area contributed by atoms with Crippen LogP contribution in [0.15, 0.2) is 131 Å². The smallest absolute Gasteiger partial charge is 0.260 e. The molecule has 5 aromatic carbocycles. The van der Waals surface area contributed by atoms with Crippen LogP contribution in [0.3, 0.4) is 0 Å². The number of hydrogen-bond donors (Lipinski definition) is 2. The molecule has 0 spiro atoms. The molecule has 4 amide bonds. The fourth-order valence-electron chi connectivity index (χ4n) is 9.78. The van der Waals surface area contributed by atoms with Crippen molar-refractivity contribution in [2.24, 2.45) is 33.9 Å². The van der Waals surface area contributed by atoms with E-state index >= 15 is 9.18 Å². The molecule has 0 unspecified atom stereocenters. The summed E-state index contributed by atoms with van der Waals surface area (Å²) in [5.74, 6) is -7.62. The molecule has 12 nitrogen and oxygen atoms in total. The van der Waals surface area contributed by atoms with Crippen molar-refractivity contribution in [1.82, 2.24) is 5.01 Å². The summed E-state index contributed by atoms with van der Waals surface area (Å²) in [5.41, 5.74) is 5.40. The summed E-state index contributed by atoms with van der Waals surface area (Å²) < 4.78 is 21.0. The number of fused-ring (bicyclic) bond motifs is 4. The lowest BCUT2D eigenvalue weighted by Crippen LogP contribution is -2.53. The van der Waals surface area contributed by atoms with Crippen LogP contribution in [-0.4, -0.2) is 54.9 Å². The zero-order valence-corrected chi connectivity index (χ0v) is 35.1. The molecule has 2 saturated heterocycles. The fraction of sp³-hybridized carbons (Fsp3) is 0.234. The minimum atomic E-state index is -1.70. The molecule has 2 aliphatic heterocycles. The fourth-order valence-corrected chi connectivity index (χ4v) is 10.2. The Bertz CT molecular complexity index is 2710. The van der Waals surface area contributed by atoms with Crippen molar-refractivity contribution >= 4 is 75.3 Å². The number of rotatable bonds is 9. The number of methoxy groups -OCH3 is 1. The lowest BCUT2D eigenvalue weighted by molar-refractivity contribution is -0.138. The lowest BCUT2D eigenvalue weighted by atomic mass is 9.49. The molecule has 0 radical (unpaired) electrons. The van der Waals surface area contributed by atoms with Gasteiger partial charge in [0.1, 0.15) is 5.75 Å². The number of ether oxygens (including phenoxy) is 1. The summed E-state index contributed by atoms with van der Waals surface area (Å²) >= 11 is 12.7. The van der Waals surface area contributed by atoms with Crippen LogP contribution >= 0.6 is 23.2 Å². The van der Waals surface area contributed by atoms with Gasteiger partial charge in [0.2, 0.25) is 11.8 Å². The van der Waals surface area contributed by atoms with Gasteiger partial charge >= 0.3 is 0 Å². The zero-order valence-electron chi connectivity index (χ0n) is 33.6. The summed E-state index contributed by atoms with van der Waals surface area (Å²) in [6.45, 7) is 0. The normalized spacial score (nSPS) is 24.2. The molecule has 15 heteroatoms. The molecule has 1 saturated carbocycles. The third-order valence-corrected chi connectivity index (χ3v) is 13.2. The quantitative estimate of drug-likeness (QED) is 0.0847. The molecule has 2 N–H and O–H groups in total. The highest BCUT2D eigenvalue weighted by Crippen LogP contribution is 2.64. The highest BCUT2D eigenvalue weighted by Gasteiger charge is 2.70. The maximum atomic E-state index is 15.5. The molecule has 62 heavy (non-hydrogen) atoms. The molecule has 0 bridgehead atoms. The molecule has 6 atom stereocenters. The number of anilines is 3. The number of carbonyl (C=O) groups excluding carboxylic acids is 4. The molecular formula is C47H39Cl2FN6O6. The topological polar surface area (TPSA) is 144 Å². The zero-order chi connectivity index (χ0) is 43.6. The van der Waals surface area contributed by atoms with Gasteiger partial charge in [-0.1, -0.05) is 53.1 Å². The second-order valence-electron chi connectivity index (χ2n) is 16.1. The van der Waals surface area contributed by atoms with Gasteiger partial charge in [0.25, 0.3) is 11.8 Å². The van der Waals surface area contributed by atoms with Gasteiger partial charge in [-0.2, -0.15) is 15.2 Å². The lowest BCUT2D eigenvalue weighted by Gasteiger charge is -2.50. The number of hydrogen-bond acceptors (Lipinski definition) is 10. The second-order valence-corrected chi connectivity index (χ2v) is 16.9. The third kappa shape index (κ3) is 6.58. The number of azo groups is 1. The molecule has 0 aromatic heterocycles. The van der Waals surface area contributed by atoms with Crippen molar-refractivity contribution in [2.45, 2.75) is 24.2 Å². The highest BCUT2D eigenvalue weighted by atomic mass is 35.5. The van der Waals surface area contributed by atoms with Crippen LogP contribution in [0.2, 0.25) is 10.0 Å². The van der Waals surface area contributed by atoms with E-state index in [0.29, 0.717) is 44.5 Å². The van der Waals surface area contributed by atoms with Crippen molar-refractivity contribution < 1.29 is 33.4 Å². The number of nitrogens with one attached hydrogen (secondary N) is 1. The van der Waals surface area contributed by atoms with Gasteiger partial charge in [0.15, 0.2) is 11.6 Å². The van der Waals surface area contributed by atoms with Crippen LogP contribution in [0.25, 0.3) is 0 Å². The first-order valence-corrected chi connectivity index (χ1v) is 20.7. The molecule has 9 rings (SSSR count). The summed E-state index contributed by atoms with van der Waals surface area (Å²) in [5, 5.41) is 20.4. The van der Waals surface area contributed by atoms with Gasteiger partial charge in [-0.15, -0.1) is 0 Å². The Morgan fingerprint density at radius 2 is 1.50 bits per heavy atom. The van der Waals surface area contributed by atoms with Crippen LogP contribution < -0.4 is 20.0 Å². The summed E-state index contributed by atoms with van der Waals surface area (Å²) in [6.07, 6.45) is 2.03. The third-order valence-electron chi connectivity index (χ3n) is 12.6. The molecule has 314 valence electrons. The van der Waals surface area contributed by atoms with E-state index in [4.69, 9.17) is 27.9 Å². The number of nitrogens with zero attached hydrogens (tertiary/aromatic N) is 5. The molecule has 4 aliphatic rings. The molecule has 5 aromatic rings. The Morgan fingerprint density at radius 1 is 0.823 bits per heavy atom. The minimum Gasteiger partial charge on any atom is -0.505 e. The van der Waals surface area contributed by atoms with E-state index in [9.17, 15) is 19.5 Å². The van der Waals surface area contributed by atoms with Gasteiger partial charge < -0.3 is 14.7 Å². The van der Waals surface area contributed by atoms with Crippen LogP contribution in [-0.2, 0) is 24.6 Å². The first-order valence-electron chi connectivity index (χ1n) is 19.9. The standard InChI is InChI=1S/C47H39Cl2FN6O6/c1-54(2)30-12-8-28(9-13-30)51-52-29-10-14-31(15-11-29)55-43(58)34-19-18-33-35(41(34)45(55)60)24-36-44(59)56(53-39-20-7-27(48)23-37(39)49)46(61)47(36,26-5-16-32(62-3)17-6-26)42(33)25-4-21-40(57)38(50)22-25/h4-18,20-23,34-36,41-42,53,57H,19,24H2,1-3H3/t34-,35+,36-,41-,42-,47+/m0/s1.